The van der Waals surface area contributed by atoms with Crippen molar-refractivity contribution in [2.24, 2.45) is 7.05 Å². The lowest BCUT2D eigenvalue weighted by molar-refractivity contribution is -0.112. The van der Waals surface area contributed by atoms with Crippen molar-refractivity contribution in [3.05, 3.63) is 101 Å². The molecule has 3 aromatic heterocycles. The van der Waals surface area contributed by atoms with E-state index in [9.17, 15) is 9.59 Å². The van der Waals surface area contributed by atoms with E-state index < -0.39 is 29.0 Å². The van der Waals surface area contributed by atoms with E-state index >= 15 is 8.78 Å². The van der Waals surface area contributed by atoms with Crippen molar-refractivity contribution in [1.82, 2.24) is 19.3 Å². The van der Waals surface area contributed by atoms with Gasteiger partial charge in [0.1, 0.15) is 22.8 Å². The van der Waals surface area contributed by atoms with Gasteiger partial charge in [-0.05, 0) is 62.1 Å². The SMILES string of the molecule is C#Cc1cc2c(ncn2C)c(Cl)c1-c1cccn2c(C(=O)c3cc(F)c(NC(=O)/C=C/CNC4CCC(OC)CC4)c(F)c3)ccc12. The zero-order chi connectivity index (χ0) is 33.2. The molecule has 2 aromatic carbocycles. The van der Waals surface area contributed by atoms with Gasteiger partial charge in [-0.3, -0.25) is 9.59 Å². The minimum atomic E-state index is -1.07. The molecule has 0 aliphatic heterocycles. The first kappa shape index (κ1) is 32.1. The van der Waals surface area contributed by atoms with Crippen molar-refractivity contribution in [1.29, 1.82) is 0 Å². The smallest absolute Gasteiger partial charge is 0.248 e. The maximum Gasteiger partial charge on any atom is 0.248 e. The first-order valence-corrected chi connectivity index (χ1v) is 15.6. The Morgan fingerprint density at radius 3 is 2.57 bits per heavy atom. The van der Waals surface area contributed by atoms with Gasteiger partial charge >= 0.3 is 0 Å². The van der Waals surface area contributed by atoms with Crippen LogP contribution in [-0.2, 0) is 16.6 Å². The van der Waals surface area contributed by atoms with Gasteiger partial charge in [-0.15, -0.1) is 6.42 Å². The second kappa shape index (κ2) is 13.5. The summed E-state index contributed by atoms with van der Waals surface area (Å²) in [6.45, 7) is 0.440. The molecule has 3 heterocycles. The summed E-state index contributed by atoms with van der Waals surface area (Å²) in [4.78, 5) is 30.4. The maximum atomic E-state index is 15.1. The lowest BCUT2D eigenvalue weighted by Crippen LogP contribution is -2.35. The molecule has 2 N–H and O–H groups in total. The highest BCUT2D eigenvalue weighted by atomic mass is 35.5. The lowest BCUT2D eigenvalue weighted by atomic mass is 9.93. The summed E-state index contributed by atoms with van der Waals surface area (Å²) in [7, 11) is 3.56. The van der Waals surface area contributed by atoms with Gasteiger partial charge in [-0.1, -0.05) is 29.7 Å². The van der Waals surface area contributed by atoms with Crippen LogP contribution < -0.4 is 10.6 Å². The molecule has 1 aliphatic carbocycles. The van der Waals surface area contributed by atoms with Crippen LogP contribution in [0.5, 0.6) is 0 Å². The number of carbonyl (C=O) groups is 2. The van der Waals surface area contributed by atoms with Crippen molar-refractivity contribution >= 4 is 45.5 Å². The number of amides is 1. The average Bonchev–Trinajstić information content (AvgIpc) is 3.68. The third-order valence-corrected chi connectivity index (χ3v) is 9.03. The number of pyridine rings is 1. The number of nitrogens with one attached hydrogen (secondary N) is 2. The number of carbonyl (C=O) groups excluding carboxylic acids is 2. The molecular weight excluding hydrogens is 624 g/mol. The molecule has 0 saturated heterocycles. The molecule has 240 valence electrons. The number of ether oxygens (including phenoxy) is 1. The number of imidazole rings is 1. The van der Waals surface area contributed by atoms with Crippen LogP contribution >= 0.6 is 11.6 Å². The molecular formula is C36H32ClF2N5O3. The Bertz CT molecular complexity index is 2060. The maximum absolute atomic E-state index is 15.1. The van der Waals surface area contributed by atoms with Crippen molar-refractivity contribution in [2.75, 3.05) is 19.0 Å². The fraction of sp³-hybridized carbons (Fsp3) is 0.250. The zero-order valence-electron chi connectivity index (χ0n) is 25.8. The number of aryl methyl sites for hydroxylation is 1. The van der Waals surface area contributed by atoms with Crippen LogP contribution in [0.4, 0.5) is 14.5 Å². The molecule has 0 unspecified atom stereocenters. The van der Waals surface area contributed by atoms with Crippen molar-refractivity contribution < 1.29 is 23.1 Å². The van der Waals surface area contributed by atoms with E-state index in [0.29, 0.717) is 45.3 Å². The van der Waals surface area contributed by atoms with E-state index in [1.54, 1.807) is 48.3 Å². The molecule has 1 saturated carbocycles. The number of aromatic nitrogens is 3. The minimum absolute atomic E-state index is 0.167. The molecule has 0 spiro atoms. The number of terminal acetylenes is 1. The monoisotopic (exact) mass is 655 g/mol. The molecule has 0 bridgehead atoms. The molecule has 8 nitrogen and oxygen atoms in total. The summed E-state index contributed by atoms with van der Waals surface area (Å²) >= 11 is 6.83. The van der Waals surface area contributed by atoms with Gasteiger partial charge in [-0.25, -0.2) is 13.8 Å². The number of halogens is 3. The van der Waals surface area contributed by atoms with Gasteiger partial charge in [0.2, 0.25) is 11.7 Å². The fourth-order valence-corrected chi connectivity index (χ4v) is 6.53. The highest BCUT2D eigenvalue weighted by Gasteiger charge is 2.23. The third kappa shape index (κ3) is 6.30. The third-order valence-electron chi connectivity index (χ3n) is 8.66. The second-order valence-electron chi connectivity index (χ2n) is 11.5. The van der Waals surface area contributed by atoms with Gasteiger partial charge < -0.3 is 24.3 Å². The van der Waals surface area contributed by atoms with Gasteiger partial charge in [0, 0.05) is 61.3 Å². The van der Waals surface area contributed by atoms with Crippen LogP contribution in [0, 0.1) is 24.0 Å². The predicted molar refractivity (Wildman–Crippen MR) is 179 cm³/mol. The Hall–Kier alpha value is -4.82. The van der Waals surface area contributed by atoms with Crippen LogP contribution in [0.1, 0.15) is 47.3 Å². The highest BCUT2D eigenvalue weighted by molar-refractivity contribution is 6.38. The Kier molecular flexibility index (Phi) is 9.23. The molecule has 11 heteroatoms. The number of benzene rings is 2. The van der Waals surface area contributed by atoms with E-state index in [4.69, 9.17) is 22.8 Å². The van der Waals surface area contributed by atoms with Crippen LogP contribution in [-0.4, -0.2) is 51.4 Å². The molecule has 6 rings (SSSR count). The normalized spacial score (nSPS) is 16.6. The highest BCUT2D eigenvalue weighted by Crippen LogP contribution is 2.39. The number of hydrogen-bond donors (Lipinski definition) is 2. The van der Waals surface area contributed by atoms with Crippen LogP contribution in [0.2, 0.25) is 5.02 Å². The number of rotatable bonds is 9. The largest absolute Gasteiger partial charge is 0.381 e. The molecule has 1 fully saturated rings. The quantitative estimate of drug-likeness (QED) is 0.105. The first-order chi connectivity index (χ1) is 22.7. The number of hydrogen-bond acceptors (Lipinski definition) is 5. The van der Waals surface area contributed by atoms with Crippen LogP contribution in [0.3, 0.4) is 0 Å². The first-order valence-electron chi connectivity index (χ1n) is 15.2. The molecule has 1 amide bonds. The Morgan fingerprint density at radius 1 is 1.13 bits per heavy atom. The van der Waals surface area contributed by atoms with Crippen molar-refractivity contribution in [2.45, 2.75) is 37.8 Å². The van der Waals surface area contributed by atoms with E-state index in [-0.39, 0.29) is 17.4 Å². The van der Waals surface area contributed by atoms with Gasteiger partial charge in [-0.2, -0.15) is 0 Å². The lowest BCUT2D eigenvalue weighted by Gasteiger charge is -2.27. The molecule has 47 heavy (non-hydrogen) atoms. The topological polar surface area (TPSA) is 89.7 Å². The summed E-state index contributed by atoms with van der Waals surface area (Å²) in [6, 6.07) is 10.8. The number of anilines is 1. The standard InChI is InChI=1S/C36H32ClF2N5O3/c1-4-21-19-30-35(41-20-43(30)2)33(37)32(21)25-7-6-16-44-28(25)13-14-29(44)36(46)22-17-26(38)34(27(39)18-22)42-31(45)8-5-15-40-23-9-11-24(47-3)12-10-23/h1,5-8,13-14,16-20,23-24,40H,9-12,15H2,2-3H3,(H,42,45)/b8-5+. The zero-order valence-corrected chi connectivity index (χ0v) is 26.6. The summed E-state index contributed by atoms with van der Waals surface area (Å²) in [5.41, 5.74) is 3.07. The number of fused-ring (bicyclic) bond motifs is 2. The van der Waals surface area contributed by atoms with Crippen LogP contribution in [0.25, 0.3) is 27.7 Å². The Balaban J connectivity index is 1.20. The van der Waals surface area contributed by atoms with Crippen molar-refractivity contribution in [3.63, 3.8) is 0 Å². The van der Waals surface area contributed by atoms with Crippen molar-refractivity contribution in [3.8, 4) is 23.5 Å². The van der Waals surface area contributed by atoms with Gasteiger partial charge in [0.15, 0.2) is 0 Å². The van der Waals surface area contributed by atoms with E-state index in [0.717, 1.165) is 43.3 Å². The number of methoxy groups -OCH3 is 1. The average molecular weight is 656 g/mol. The number of nitrogens with zero attached hydrogens (tertiary/aromatic N) is 3. The minimum Gasteiger partial charge on any atom is -0.381 e. The Morgan fingerprint density at radius 2 is 1.87 bits per heavy atom. The summed E-state index contributed by atoms with van der Waals surface area (Å²) < 4.78 is 39.1. The van der Waals surface area contributed by atoms with Crippen LogP contribution in [0.15, 0.2) is 67.1 Å². The summed E-state index contributed by atoms with van der Waals surface area (Å²) in [5, 5.41) is 5.97. The van der Waals surface area contributed by atoms with E-state index in [2.05, 4.69) is 21.5 Å². The number of ketones is 1. The summed E-state index contributed by atoms with van der Waals surface area (Å²) in [6.07, 6.45) is 16.2. The summed E-state index contributed by atoms with van der Waals surface area (Å²) in [5.74, 6) is -0.749. The van der Waals surface area contributed by atoms with E-state index in [1.807, 2.05) is 23.7 Å². The predicted octanol–water partition coefficient (Wildman–Crippen LogP) is 6.68. The fourth-order valence-electron chi connectivity index (χ4n) is 6.18. The second-order valence-corrected chi connectivity index (χ2v) is 11.9. The van der Waals surface area contributed by atoms with Gasteiger partial charge in [0.25, 0.3) is 0 Å². The van der Waals surface area contributed by atoms with E-state index in [1.165, 1.54) is 6.08 Å². The molecule has 0 radical (unpaired) electrons. The molecule has 1 aliphatic rings. The Labute approximate surface area is 275 Å². The van der Waals surface area contributed by atoms with Gasteiger partial charge in [0.05, 0.1) is 34.2 Å². The molecule has 0 atom stereocenters. The molecule has 5 aromatic rings.